The predicted octanol–water partition coefficient (Wildman–Crippen LogP) is 0.0816. The first-order chi connectivity index (χ1) is 11.6. The van der Waals surface area contributed by atoms with Crippen LogP contribution in [0.4, 0.5) is 0 Å². The highest BCUT2D eigenvalue weighted by atomic mass is 32.2. The summed E-state index contributed by atoms with van der Waals surface area (Å²) in [7, 11) is 1.49. The van der Waals surface area contributed by atoms with E-state index >= 15 is 0 Å². The molecule has 0 bridgehead atoms. The second-order valence-electron chi connectivity index (χ2n) is 5.21. The van der Waals surface area contributed by atoms with Gasteiger partial charge in [0.2, 0.25) is 0 Å². The number of nitrogens with zero attached hydrogens (tertiary/aromatic N) is 3. The Hall–Kier alpha value is -1.94. The van der Waals surface area contributed by atoms with Gasteiger partial charge in [0.1, 0.15) is 18.0 Å². The molecule has 2 aromatic rings. The minimum Gasteiger partial charge on any atom is -0.475 e. The van der Waals surface area contributed by atoms with E-state index in [1.54, 1.807) is 24.5 Å². The third-order valence-corrected chi connectivity index (χ3v) is 4.79. The molecule has 1 saturated heterocycles. The van der Waals surface area contributed by atoms with Crippen LogP contribution in [0.1, 0.15) is 0 Å². The topological polar surface area (TPSA) is 118 Å². The van der Waals surface area contributed by atoms with Gasteiger partial charge in [0.25, 0.3) is 0 Å². The van der Waals surface area contributed by atoms with Gasteiger partial charge < -0.3 is 24.8 Å². The van der Waals surface area contributed by atoms with Gasteiger partial charge in [-0.05, 0) is 12.1 Å². The van der Waals surface area contributed by atoms with Crippen molar-refractivity contribution in [2.24, 2.45) is 0 Å². The Morgan fingerprint density at radius 2 is 1.79 bits per heavy atom. The van der Waals surface area contributed by atoms with Crippen LogP contribution in [0, 0.1) is 0 Å². The molecule has 8 nitrogen and oxygen atoms in total. The molecular formula is C15H17N3O5S. The number of pyridine rings is 1. The monoisotopic (exact) mass is 351 g/mol. The first-order valence-corrected chi connectivity index (χ1v) is 8.28. The number of aromatic nitrogens is 3. The summed E-state index contributed by atoms with van der Waals surface area (Å²) in [6.45, 7) is 0. The number of hydrogen-bond acceptors (Lipinski definition) is 9. The Kier molecular flexibility index (Phi) is 5.14. The molecule has 3 N–H and O–H groups in total. The fourth-order valence-electron chi connectivity index (χ4n) is 2.19. The second kappa shape index (κ2) is 7.31. The van der Waals surface area contributed by atoms with Crippen LogP contribution in [0.3, 0.4) is 0 Å². The summed E-state index contributed by atoms with van der Waals surface area (Å²) in [5.74, 6) is 0.741. The van der Waals surface area contributed by atoms with Crippen molar-refractivity contribution in [3.05, 3.63) is 30.7 Å². The lowest BCUT2D eigenvalue weighted by atomic mass is 10.1. The Balaban J connectivity index is 1.68. The van der Waals surface area contributed by atoms with Gasteiger partial charge in [-0.2, -0.15) is 0 Å². The maximum atomic E-state index is 9.95. The SMILES string of the molecule is COc1ncc(-c2ccc(O[C@@H]3SC[C@@H](O)[C@H](O)[C@H]3O)cn2)cn1. The molecule has 0 spiro atoms. The lowest BCUT2D eigenvalue weighted by molar-refractivity contribution is -0.0786. The highest BCUT2D eigenvalue weighted by molar-refractivity contribution is 7.99. The van der Waals surface area contributed by atoms with Crippen molar-refractivity contribution < 1.29 is 24.8 Å². The van der Waals surface area contributed by atoms with Crippen molar-refractivity contribution in [3.63, 3.8) is 0 Å². The standard InChI is InChI=1S/C15H17N3O5S/c1-22-15-17-4-8(5-18-15)10-3-2-9(6-16-10)23-14-13(21)12(20)11(19)7-24-14/h2-6,11-14,19-21H,7H2,1H3/t11-,12+,13-,14-/m1/s1. The van der Waals surface area contributed by atoms with Gasteiger partial charge in [0.05, 0.1) is 25.1 Å². The number of aliphatic hydroxyl groups excluding tert-OH is 3. The quantitative estimate of drug-likeness (QED) is 0.704. The molecule has 1 aliphatic rings. The van der Waals surface area contributed by atoms with Crippen LogP contribution in [0.15, 0.2) is 30.7 Å². The van der Waals surface area contributed by atoms with Crippen LogP contribution in [0.5, 0.6) is 11.8 Å². The molecule has 0 aliphatic carbocycles. The van der Waals surface area contributed by atoms with Crippen molar-refractivity contribution in [1.82, 2.24) is 15.0 Å². The average Bonchev–Trinajstić information content (AvgIpc) is 2.63. The molecule has 0 amide bonds. The minimum absolute atomic E-state index is 0.280. The molecule has 128 valence electrons. The van der Waals surface area contributed by atoms with Crippen LogP contribution in [0.2, 0.25) is 0 Å². The fraction of sp³-hybridized carbons (Fsp3) is 0.400. The van der Waals surface area contributed by atoms with Crippen LogP contribution in [-0.2, 0) is 0 Å². The van der Waals surface area contributed by atoms with Crippen molar-refractivity contribution >= 4 is 11.8 Å². The van der Waals surface area contributed by atoms with Gasteiger partial charge in [-0.1, -0.05) is 0 Å². The third-order valence-electron chi connectivity index (χ3n) is 3.55. The summed E-state index contributed by atoms with van der Waals surface area (Å²) in [6, 6.07) is 3.73. The van der Waals surface area contributed by atoms with Crippen molar-refractivity contribution in [2.75, 3.05) is 12.9 Å². The molecule has 24 heavy (non-hydrogen) atoms. The van der Waals surface area contributed by atoms with Gasteiger partial charge >= 0.3 is 6.01 Å². The van der Waals surface area contributed by atoms with E-state index in [-0.39, 0.29) is 11.8 Å². The Labute approximate surface area is 142 Å². The molecule has 4 atom stereocenters. The zero-order valence-corrected chi connectivity index (χ0v) is 13.6. The Morgan fingerprint density at radius 3 is 2.42 bits per heavy atom. The third kappa shape index (κ3) is 3.59. The molecule has 1 aliphatic heterocycles. The van der Waals surface area contributed by atoms with E-state index in [0.717, 1.165) is 5.56 Å². The van der Waals surface area contributed by atoms with Crippen molar-refractivity contribution in [2.45, 2.75) is 23.7 Å². The van der Waals surface area contributed by atoms with Gasteiger partial charge in [-0.25, -0.2) is 9.97 Å². The second-order valence-corrected chi connectivity index (χ2v) is 6.34. The zero-order valence-electron chi connectivity index (χ0n) is 12.8. The fourth-order valence-corrected chi connectivity index (χ4v) is 3.31. The van der Waals surface area contributed by atoms with Crippen molar-refractivity contribution in [1.29, 1.82) is 0 Å². The first-order valence-electron chi connectivity index (χ1n) is 7.23. The van der Waals surface area contributed by atoms with Crippen molar-refractivity contribution in [3.8, 4) is 23.0 Å². The van der Waals surface area contributed by atoms with E-state index in [4.69, 9.17) is 9.47 Å². The highest BCUT2D eigenvalue weighted by Gasteiger charge is 2.38. The predicted molar refractivity (Wildman–Crippen MR) is 86.7 cm³/mol. The summed E-state index contributed by atoms with van der Waals surface area (Å²) >= 11 is 1.24. The van der Waals surface area contributed by atoms with E-state index in [0.29, 0.717) is 11.4 Å². The number of rotatable bonds is 4. The zero-order chi connectivity index (χ0) is 17.1. The molecule has 0 radical (unpaired) electrons. The van der Waals surface area contributed by atoms with Gasteiger partial charge in [-0.3, -0.25) is 4.98 Å². The molecular weight excluding hydrogens is 334 g/mol. The molecule has 3 rings (SSSR count). The molecule has 9 heteroatoms. The molecule has 0 unspecified atom stereocenters. The van der Waals surface area contributed by atoms with E-state index in [2.05, 4.69) is 15.0 Å². The van der Waals surface area contributed by atoms with Gasteiger partial charge in [-0.15, -0.1) is 11.8 Å². The maximum absolute atomic E-state index is 9.95. The summed E-state index contributed by atoms with van der Waals surface area (Å²) in [5, 5.41) is 29.2. The minimum atomic E-state index is -1.22. The summed E-state index contributed by atoms with van der Waals surface area (Å²) in [6.07, 6.45) is 1.37. The lowest BCUT2D eigenvalue weighted by Gasteiger charge is -2.34. The maximum Gasteiger partial charge on any atom is 0.316 e. The van der Waals surface area contributed by atoms with Gasteiger partial charge in [0.15, 0.2) is 5.44 Å². The largest absolute Gasteiger partial charge is 0.475 e. The van der Waals surface area contributed by atoms with E-state index in [9.17, 15) is 15.3 Å². The van der Waals surface area contributed by atoms with E-state index < -0.39 is 23.7 Å². The lowest BCUT2D eigenvalue weighted by Crippen LogP contribution is -2.50. The number of thioether (sulfide) groups is 1. The number of ether oxygens (including phenoxy) is 2. The number of hydrogen-bond donors (Lipinski definition) is 3. The van der Waals surface area contributed by atoms with Crippen LogP contribution in [-0.4, -0.2) is 66.9 Å². The molecule has 3 heterocycles. The number of methoxy groups -OCH3 is 1. The highest BCUT2D eigenvalue weighted by Crippen LogP contribution is 2.29. The number of aliphatic hydroxyl groups is 3. The Morgan fingerprint density at radius 1 is 1.04 bits per heavy atom. The Bertz CT molecular complexity index is 670. The van der Waals surface area contributed by atoms with E-state index in [1.165, 1.54) is 25.1 Å². The normalized spacial score (nSPS) is 26.8. The van der Waals surface area contributed by atoms with Crippen LogP contribution >= 0.6 is 11.8 Å². The molecule has 0 aromatic carbocycles. The van der Waals surface area contributed by atoms with Crippen LogP contribution < -0.4 is 9.47 Å². The molecule has 1 fully saturated rings. The average molecular weight is 351 g/mol. The smallest absolute Gasteiger partial charge is 0.316 e. The van der Waals surface area contributed by atoms with Crippen LogP contribution in [0.25, 0.3) is 11.3 Å². The summed E-state index contributed by atoms with van der Waals surface area (Å²) in [5.41, 5.74) is 0.727. The van der Waals surface area contributed by atoms with Gasteiger partial charge in [0, 0.05) is 23.7 Å². The first kappa shape index (κ1) is 16.9. The summed E-state index contributed by atoms with van der Waals surface area (Å²) in [4.78, 5) is 12.3. The molecule has 0 saturated carbocycles. The summed E-state index contributed by atoms with van der Waals surface area (Å²) < 4.78 is 10.5. The molecule has 2 aromatic heterocycles. The van der Waals surface area contributed by atoms with E-state index in [1.807, 2.05) is 0 Å².